The Morgan fingerprint density at radius 1 is 1.52 bits per heavy atom. The number of hydrogen-bond acceptors (Lipinski definition) is 5. The third kappa shape index (κ3) is 3.83. The first kappa shape index (κ1) is 15.5. The fourth-order valence-corrected chi connectivity index (χ4v) is 2.55. The Bertz CT molecular complexity index is 507. The first-order valence-electron chi connectivity index (χ1n) is 7.49. The molecule has 1 aromatic rings. The van der Waals surface area contributed by atoms with Gasteiger partial charge in [-0.1, -0.05) is 13.8 Å². The number of aromatic nitrogens is 2. The predicted molar refractivity (Wildman–Crippen MR) is 79.7 cm³/mol. The molecule has 6 nitrogen and oxygen atoms in total. The van der Waals surface area contributed by atoms with E-state index in [1.54, 1.807) is 11.0 Å². The number of carbonyl (C=O) groups is 1. The summed E-state index contributed by atoms with van der Waals surface area (Å²) < 4.78 is 5.56. The van der Waals surface area contributed by atoms with Crippen LogP contribution in [-0.2, 0) is 4.79 Å². The smallest absolute Gasteiger partial charge is 0.326 e. The van der Waals surface area contributed by atoms with Gasteiger partial charge in [0, 0.05) is 18.3 Å². The Hall–Kier alpha value is -1.85. The maximum atomic E-state index is 11.5. The second-order valence-electron chi connectivity index (χ2n) is 5.67. The molecule has 6 heteroatoms. The standard InChI is InChI=1S/C15H23N3O3/c1-4-7-21-13-9-11(3)16-15(17-13)18-6-5-10(2)8-12(18)14(19)20/h9-10,12H,4-8H2,1-3H3,(H,19,20). The van der Waals surface area contributed by atoms with Gasteiger partial charge in [-0.25, -0.2) is 9.78 Å². The molecule has 0 saturated carbocycles. The Balaban J connectivity index is 2.26. The Morgan fingerprint density at radius 3 is 2.95 bits per heavy atom. The lowest BCUT2D eigenvalue weighted by molar-refractivity contribution is -0.139. The lowest BCUT2D eigenvalue weighted by Crippen LogP contribution is -2.47. The molecule has 0 amide bonds. The van der Waals surface area contributed by atoms with Crippen LogP contribution in [0, 0.1) is 12.8 Å². The molecule has 2 heterocycles. The van der Waals surface area contributed by atoms with Gasteiger partial charge in [0.15, 0.2) is 0 Å². The Labute approximate surface area is 125 Å². The van der Waals surface area contributed by atoms with Crippen LogP contribution in [0.25, 0.3) is 0 Å². The maximum Gasteiger partial charge on any atom is 0.326 e. The lowest BCUT2D eigenvalue weighted by atomic mass is 9.93. The predicted octanol–water partition coefficient (Wildman–Crippen LogP) is 2.26. The van der Waals surface area contributed by atoms with Crippen LogP contribution in [0.4, 0.5) is 5.95 Å². The summed E-state index contributed by atoms with van der Waals surface area (Å²) in [6, 6.07) is 1.22. The fraction of sp³-hybridized carbons (Fsp3) is 0.667. The molecule has 0 aliphatic carbocycles. The zero-order valence-corrected chi connectivity index (χ0v) is 12.9. The number of anilines is 1. The molecule has 0 bridgehead atoms. The van der Waals surface area contributed by atoms with Crippen molar-refractivity contribution < 1.29 is 14.6 Å². The molecule has 116 valence electrons. The summed E-state index contributed by atoms with van der Waals surface area (Å²) in [6.07, 6.45) is 2.47. The summed E-state index contributed by atoms with van der Waals surface area (Å²) in [7, 11) is 0. The highest BCUT2D eigenvalue weighted by Crippen LogP contribution is 2.27. The summed E-state index contributed by atoms with van der Waals surface area (Å²) in [5.41, 5.74) is 0.786. The fourth-order valence-electron chi connectivity index (χ4n) is 2.55. The number of carboxylic acids is 1. The second-order valence-corrected chi connectivity index (χ2v) is 5.67. The lowest BCUT2D eigenvalue weighted by Gasteiger charge is -2.36. The summed E-state index contributed by atoms with van der Waals surface area (Å²) in [6.45, 7) is 7.23. The van der Waals surface area contributed by atoms with Crippen molar-refractivity contribution in [3.8, 4) is 5.88 Å². The minimum Gasteiger partial charge on any atom is -0.480 e. The van der Waals surface area contributed by atoms with E-state index in [9.17, 15) is 9.90 Å². The van der Waals surface area contributed by atoms with Crippen LogP contribution in [0.3, 0.4) is 0 Å². The van der Waals surface area contributed by atoms with Crippen molar-refractivity contribution in [2.24, 2.45) is 5.92 Å². The minimum absolute atomic E-state index is 0.406. The topological polar surface area (TPSA) is 75.5 Å². The van der Waals surface area contributed by atoms with Gasteiger partial charge in [-0.2, -0.15) is 4.98 Å². The van der Waals surface area contributed by atoms with Crippen LogP contribution >= 0.6 is 0 Å². The normalized spacial score (nSPS) is 22.1. The number of carboxylic acid groups (broad SMARTS) is 1. The molecular weight excluding hydrogens is 270 g/mol. The van der Waals surface area contributed by atoms with Gasteiger partial charge in [0.2, 0.25) is 11.8 Å². The molecule has 2 unspecified atom stereocenters. The van der Waals surface area contributed by atoms with Crippen LogP contribution in [0.1, 0.15) is 38.8 Å². The van der Waals surface area contributed by atoms with E-state index in [2.05, 4.69) is 16.9 Å². The highest BCUT2D eigenvalue weighted by molar-refractivity contribution is 5.77. The number of ether oxygens (including phenoxy) is 1. The van der Waals surface area contributed by atoms with Gasteiger partial charge in [-0.15, -0.1) is 0 Å². The molecule has 0 radical (unpaired) electrons. The first-order chi connectivity index (χ1) is 10.0. The molecule has 21 heavy (non-hydrogen) atoms. The molecule has 1 fully saturated rings. The van der Waals surface area contributed by atoms with E-state index in [0.717, 1.165) is 18.5 Å². The molecule has 1 aromatic heterocycles. The van der Waals surface area contributed by atoms with Gasteiger partial charge in [0.25, 0.3) is 0 Å². The molecule has 1 saturated heterocycles. The molecular formula is C15H23N3O3. The number of aliphatic carboxylic acids is 1. The summed E-state index contributed by atoms with van der Waals surface area (Å²) >= 11 is 0. The van der Waals surface area contributed by atoms with E-state index in [1.807, 2.05) is 13.8 Å². The number of rotatable bonds is 5. The van der Waals surface area contributed by atoms with E-state index < -0.39 is 12.0 Å². The van der Waals surface area contributed by atoms with Crippen LogP contribution < -0.4 is 9.64 Å². The number of hydrogen-bond donors (Lipinski definition) is 1. The van der Waals surface area contributed by atoms with Crippen LogP contribution in [-0.4, -0.2) is 40.2 Å². The average molecular weight is 293 g/mol. The molecule has 2 atom stereocenters. The van der Waals surface area contributed by atoms with Gasteiger partial charge in [-0.3, -0.25) is 0 Å². The molecule has 1 aliphatic rings. The van der Waals surface area contributed by atoms with Crippen molar-refractivity contribution in [3.63, 3.8) is 0 Å². The zero-order chi connectivity index (χ0) is 15.4. The number of nitrogens with zero attached hydrogens (tertiary/aromatic N) is 3. The summed E-state index contributed by atoms with van der Waals surface area (Å²) in [5, 5.41) is 9.44. The van der Waals surface area contributed by atoms with E-state index in [-0.39, 0.29) is 0 Å². The van der Waals surface area contributed by atoms with Gasteiger partial charge >= 0.3 is 5.97 Å². The van der Waals surface area contributed by atoms with E-state index in [0.29, 0.717) is 37.3 Å². The minimum atomic E-state index is -0.817. The van der Waals surface area contributed by atoms with E-state index in [4.69, 9.17) is 4.74 Å². The maximum absolute atomic E-state index is 11.5. The van der Waals surface area contributed by atoms with Gasteiger partial charge in [0.05, 0.1) is 6.61 Å². The van der Waals surface area contributed by atoms with Crippen molar-refractivity contribution in [1.82, 2.24) is 9.97 Å². The third-order valence-electron chi connectivity index (χ3n) is 3.68. The second kappa shape index (κ2) is 6.74. The van der Waals surface area contributed by atoms with Crippen molar-refractivity contribution in [1.29, 1.82) is 0 Å². The molecule has 1 aliphatic heterocycles. The summed E-state index contributed by atoms with van der Waals surface area (Å²) in [5.74, 6) is 0.563. The van der Waals surface area contributed by atoms with E-state index >= 15 is 0 Å². The molecule has 1 N–H and O–H groups in total. The SMILES string of the molecule is CCCOc1cc(C)nc(N2CCC(C)CC2C(=O)O)n1. The number of piperidine rings is 1. The van der Waals surface area contributed by atoms with Crippen molar-refractivity contribution in [2.75, 3.05) is 18.1 Å². The van der Waals surface area contributed by atoms with Crippen LogP contribution in [0.2, 0.25) is 0 Å². The zero-order valence-electron chi connectivity index (χ0n) is 12.9. The highest BCUT2D eigenvalue weighted by Gasteiger charge is 2.33. The van der Waals surface area contributed by atoms with Crippen LogP contribution in [0.15, 0.2) is 6.07 Å². The van der Waals surface area contributed by atoms with Crippen LogP contribution in [0.5, 0.6) is 5.88 Å². The Kier molecular flexibility index (Phi) is 4.98. The average Bonchev–Trinajstić information content (AvgIpc) is 2.44. The molecule has 0 aromatic carbocycles. The highest BCUT2D eigenvalue weighted by atomic mass is 16.5. The Morgan fingerprint density at radius 2 is 2.29 bits per heavy atom. The first-order valence-corrected chi connectivity index (χ1v) is 7.49. The van der Waals surface area contributed by atoms with Crippen molar-refractivity contribution in [3.05, 3.63) is 11.8 Å². The number of aryl methyl sites for hydroxylation is 1. The van der Waals surface area contributed by atoms with Crippen molar-refractivity contribution in [2.45, 2.75) is 46.1 Å². The molecule has 0 spiro atoms. The monoisotopic (exact) mass is 293 g/mol. The van der Waals surface area contributed by atoms with Gasteiger partial charge < -0.3 is 14.7 Å². The summed E-state index contributed by atoms with van der Waals surface area (Å²) in [4.78, 5) is 22.1. The quantitative estimate of drug-likeness (QED) is 0.897. The third-order valence-corrected chi connectivity index (χ3v) is 3.68. The van der Waals surface area contributed by atoms with Gasteiger partial charge in [0.1, 0.15) is 6.04 Å². The largest absolute Gasteiger partial charge is 0.480 e. The van der Waals surface area contributed by atoms with Gasteiger partial charge in [-0.05, 0) is 32.1 Å². The van der Waals surface area contributed by atoms with Crippen molar-refractivity contribution >= 4 is 11.9 Å². The van der Waals surface area contributed by atoms with E-state index in [1.165, 1.54) is 0 Å². The molecule has 2 rings (SSSR count).